The third-order valence-electron chi connectivity index (χ3n) is 3.22. The molecule has 1 atom stereocenters. The average Bonchev–Trinajstić information content (AvgIpc) is 2.97. The van der Waals surface area contributed by atoms with Crippen molar-refractivity contribution in [1.29, 1.82) is 0 Å². The number of furan rings is 1. The molecule has 0 saturated heterocycles. The standard InChI is InChI=1S/C15H9Br2NO3/c16-12-6-5-11(9-3-1-2-4-10(9)12)15(17)13-7-8-14(21-13)18(19)20/h1-8,15H. The van der Waals surface area contributed by atoms with Crippen LogP contribution in [-0.4, -0.2) is 4.92 Å². The Morgan fingerprint density at radius 3 is 2.43 bits per heavy atom. The van der Waals surface area contributed by atoms with Gasteiger partial charge in [-0.25, -0.2) is 0 Å². The Balaban J connectivity index is 2.11. The second-order valence-electron chi connectivity index (χ2n) is 4.48. The SMILES string of the molecule is O=[N+]([O-])c1ccc(C(Br)c2ccc(Br)c3ccccc23)o1. The molecule has 106 valence electrons. The van der Waals surface area contributed by atoms with E-state index in [2.05, 4.69) is 31.9 Å². The van der Waals surface area contributed by atoms with Gasteiger partial charge in [-0.15, -0.1) is 0 Å². The van der Waals surface area contributed by atoms with Gasteiger partial charge in [0.1, 0.15) is 10.7 Å². The number of nitro groups is 1. The summed E-state index contributed by atoms with van der Waals surface area (Å²) in [5, 5.41) is 12.9. The van der Waals surface area contributed by atoms with Crippen LogP contribution in [0.1, 0.15) is 16.2 Å². The number of halogens is 2. The van der Waals surface area contributed by atoms with Crippen molar-refractivity contribution in [1.82, 2.24) is 0 Å². The molecule has 0 aliphatic carbocycles. The Labute approximate surface area is 137 Å². The molecule has 2 aromatic carbocycles. The van der Waals surface area contributed by atoms with Crippen molar-refractivity contribution < 1.29 is 9.34 Å². The van der Waals surface area contributed by atoms with E-state index in [0.717, 1.165) is 20.8 Å². The Morgan fingerprint density at radius 2 is 1.76 bits per heavy atom. The molecule has 6 heteroatoms. The van der Waals surface area contributed by atoms with Gasteiger partial charge in [0.05, 0.1) is 10.9 Å². The number of nitrogens with zero attached hydrogens (tertiary/aromatic N) is 1. The maximum absolute atomic E-state index is 10.7. The van der Waals surface area contributed by atoms with E-state index in [0.29, 0.717) is 5.76 Å². The van der Waals surface area contributed by atoms with Gasteiger partial charge < -0.3 is 4.42 Å². The van der Waals surface area contributed by atoms with Crippen LogP contribution in [0.25, 0.3) is 10.8 Å². The molecule has 0 bridgehead atoms. The summed E-state index contributed by atoms with van der Waals surface area (Å²) in [4.78, 5) is 9.94. The first-order chi connectivity index (χ1) is 10.1. The van der Waals surface area contributed by atoms with Crippen LogP contribution >= 0.6 is 31.9 Å². The molecule has 4 nitrogen and oxygen atoms in total. The minimum atomic E-state index is -0.539. The van der Waals surface area contributed by atoms with E-state index in [1.54, 1.807) is 6.07 Å². The van der Waals surface area contributed by atoms with Crippen LogP contribution in [-0.2, 0) is 0 Å². The quantitative estimate of drug-likeness (QED) is 0.321. The first kappa shape index (κ1) is 14.3. The molecule has 1 aromatic heterocycles. The topological polar surface area (TPSA) is 56.3 Å². The first-order valence-corrected chi connectivity index (χ1v) is 7.84. The smallest absolute Gasteiger partial charge is 0.404 e. The minimum absolute atomic E-state index is 0.246. The van der Waals surface area contributed by atoms with Crippen molar-refractivity contribution >= 4 is 48.5 Å². The molecular weight excluding hydrogens is 402 g/mol. The van der Waals surface area contributed by atoms with Crippen LogP contribution in [0.3, 0.4) is 0 Å². The monoisotopic (exact) mass is 409 g/mol. The third kappa shape index (κ3) is 2.61. The average molecular weight is 411 g/mol. The lowest BCUT2D eigenvalue weighted by atomic mass is 10.0. The molecule has 0 aliphatic rings. The summed E-state index contributed by atoms with van der Waals surface area (Å²) < 4.78 is 6.29. The molecular formula is C15H9Br2NO3. The fourth-order valence-corrected chi connectivity index (χ4v) is 3.36. The molecule has 0 N–H and O–H groups in total. The minimum Gasteiger partial charge on any atom is -0.404 e. The van der Waals surface area contributed by atoms with E-state index in [-0.39, 0.29) is 10.7 Å². The van der Waals surface area contributed by atoms with Gasteiger partial charge in [-0.1, -0.05) is 62.2 Å². The molecule has 0 saturated carbocycles. The van der Waals surface area contributed by atoms with Crippen molar-refractivity contribution in [2.45, 2.75) is 4.83 Å². The number of benzene rings is 2. The zero-order valence-electron chi connectivity index (χ0n) is 10.6. The van der Waals surface area contributed by atoms with E-state index in [1.165, 1.54) is 6.07 Å². The number of hydrogen-bond acceptors (Lipinski definition) is 3. The summed E-state index contributed by atoms with van der Waals surface area (Å²) in [5.41, 5.74) is 0.998. The zero-order valence-corrected chi connectivity index (χ0v) is 13.8. The zero-order chi connectivity index (χ0) is 15.0. The number of rotatable bonds is 3. The highest BCUT2D eigenvalue weighted by molar-refractivity contribution is 9.10. The molecule has 1 unspecified atom stereocenters. The maximum atomic E-state index is 10.7. The number of hydrogen-bond donors (Lipinski definition) is 0. The first-order valence-electron chi connectivity index (χ1n) is 6.13. The van der Waals surface area contributed by atoms with Gasteiger partial charge in [-0.05, 0) is 28.5 Å². The fraction of sp³-hybridized carbons (Fsp3) is 0.0667. The summed E-state index contributed by atoms with van der Waals surface area (Å²) in [6, 6.07) is 14.9. The molecule has 0 amide bonds. The summed E-state index contributed by atoms with van der Waals surface area (Å²) in [5.74, 6) is 0.255. The Morgan fingerprint density at radius 1 is 1.05 bits per heavy atom. The third-order valence-corrected chi connectivity index (χ3v) is 4.86. The highest BCUT2D eigenvalue weighted by Gasteiger charge is 2.21. The molecule has 0 fully saturated rings. The largest absolute Gasteiger partial charge is 0.433 e. The number of fused-ring (bicyclic) bond motifs is 1. The maximum Gasteiger partial charge on any atom is 0.433 e. The van der Waals surface area contributed by atoms with E-state index < -0.39 is 4.92 Å². The van der Waals surface area contributed by atoms with Crippen molar-refractivity contribution in [3.05, 3.63) is 74.4 Å². The lowest BCUT2D eigenvalue weighted by Crippen LogP contribution is -1.93. The Bertz CT molecular complexity index is 829. The Hall–Kier alpha value is -1.66. The summed E-state index contributed by atoms with van der Waals surface area (Å²) in [6.45, 7) is 0. The van der Waals surface area contributed by atoms with E-state index in [1.807, 2.05) is 36.4 Å². The van der Waals surface area contributed by atoms with Crippen LogP contribution in [0.2, 0.25) is 0 Å². The highest BCUT2D eigenvalue weighted by atomic mass is 79.9. The van der Waals surface area contributed by atoms with Crippen LogP contribution in [0.4, 0.5) is 5.88 Å². The molecule has 3 aromatic rings. The van der Waals surface area contributed by atoms with Crippen molar-refractivity contribution in [3.8, 4) is 0 Å². The van der Waals surface area contributed by atoms with Crippen LogP contribution in [0.15, 0.2) is 57.4 Å². The van der Waals surface area contributed by atoms with Crippen molar-refractivity contribution in [2.24, 2.45) is 0 Å². The van der Waals surface area contributed by atoms with E-state index >= 15 is 0 Å². The number of alkyl halides is 1. The highest BCUT2D eigenvalue weighted by Crippen LogP contribution is 2.39. The van der Waals surface area contributed by atoms with Crippen LogP contribution in [0.5, 0.6) is 0 Å². The molecule has 21 heavy (non-hydrogen) atoms. The summed E-state index contributed by atoms with van der Waals surface area (Å²) in [6.07, 6.45) is 0. The Kier molecular flexibility index (Phi) is 3.82. The molecule has 0 aliphatic heterocycles. The summed E-state index contributed by atoms with van der Waals surface area (Å²) in [7, 11) is 0. The predicted octanol–water partition coefficient (Wildman–Crippen LogP) is 5.59. The van der Waals surface area contributed by atoms with Crippen molar-refractivity contribution in [2.75, 3.05) is 0 Å². The van der Waals surface area contributed by atoms with Gasteiger partial charge in [0.25, 0.3) is 0 Å². The van der Waals surface area contributed by atoms with Gasteiger partial charge in [0.15, 0.2) is 0 Å². The lowest BCUT2D eigenvalue weighted by Gasteiger charge is -2.12. The predicted molar refractivity (Wildman–Crippen MR) is 87.8 cm³/mol. The summed E-state index contributed by atoms with van der Waals surface area (Å²) >= 11 is 7.10. The fourth-order valence-electron chi connectivity index (χ4n) is 2.24. The van der Waals surface area contributed by atoms with Gasteiger partial charge in [-0.2, -0.15) is 0 Å². The normalized spacial score (nSPS) is 12.5. The van der Waals surface area contributed by atoms with E-state index in [9.17, 15) is 10.1 Å². The molecule has 0 spiro atoms. The molecule has 0 radical (unpaired) electrons. The van der Waals surface area contributed by atoms with Gasteiger partial charge in [0.2, 0.25) is 0 Å². The van der Waals surface area contributed by atoms with Gasteiger partial charge in [0, 0.05) is 4.47 Å². The molecule has 3 rings (SSSR count). The van der Waals surface area contributed by atoms with Gasteiger partial charge >= 0.3 is 5.88 Å². The lowest BCUT2D eigenvalue weighted by molar-refractivity contribution is -0.402. The van der Waals surface area contributed by atoms with E-state index in [4.69, 9.17) is 4.42 Å². The second kappa shape index (κ2) is 5.61. The van der Waals surface area contributed by atoms with Crippen molar-refractivity contribution in [3.63, 3.8) is 0 Å². The van der Waals surface area contributed by atoms with Crippen LogP contribution < -0.4 is 0 Å². The van der Waals surface area contributed by atoms with Crippen LogP contribution in [0, 0.1) is 10.1 Å². The molecule has 1 heterocycles. The second-order valence-corrected chi connectivity index (χ2v) is 6.25. The van der Waals surface area contributed by atoms with Gasteiger partial charge in [-0.3, -0.25) is 10.1 Å².